The van der Waals surface area contributed by atoms with Crippen molar-refractivity contribution < 1.29 is 34.4 Å². The number of hydrogen-bond acceptors (Lipinski definition) is 4. The smallest absolute Gasteiger partial charge is 0.162 e. The molecule has 2 heterocycles. The monoisotopic (exact) mass is 809 g/mol. The minimum absolute atomic E-state index is 0. The Kier molecular flexibility index (Phi) is 10.9. The number of aliphatic hydroxyl groups is 1. The van der Waals surface area contributed by atoms with Crippen molar-refractivity contribution in [3.8, 4) is 11.3 Å². The van der Waals surface area contributed by atoms with Gasteiger partial charge in [0, 0.05) is 49.6 Å². The SMILES string of the molecule is CCC(CC)C(=O)/C=C(\O)C(CC)CC.Cc1ccc2cnc3c(c2c1)C(C)(C)c1ccc(C(C)(C)C)c2oc4cc[c-]c-3c4c12.[Ir]. The number of carbonyl (C=O) groups excluding carboxylic acids is 1. The van der Waals surface area contributed by atoms with Crippen molar-refractivity contribution in [3.05, 3.63) is 88.8 Å². The molecule has 47 heavy (non-hydrogen) atoms. The van der Waals surface area contributed by atoms with Crippen LogP contribution in [0.2, 0.25) is 0 Å². The van der Waals surface area contributed by atoms with Gasteiger partial charge in [-0.1, -0.05) is 110 Å². The molecule has 5 aromatic rings. The third-order valence-electron chi connectivity index (χ3n) is 10.1. The maximum atomic E-state index is 11.7. The molecule has 251 valence electrons. The number of aliphatic hydroxyl groups excluding tert-OH is 1. The van der Waals surface area contributed by atoms with Crippen LogP contribution >= 0.6 is 0 Å². The maximum Gasteiger partial charge on any atom is 0.162 e. The summed E-state index contributed by atoms with van der Waals surface area (Å²) in [6.45, 7) is 21.6. The predicted octanol–water partition coefficient (Wildman–Crippen LogP) is 11.7. The number of aryl methyl sites for hydroxylation is 1. The minimum Gasteiger partial charge on any atom is -0.512 e. The molecule has 5 heteroatoms. The Bertz CT molecular complexity index is 1950. The number of ketones is 1. The van der Waals surface area contributed by atoms with E-state index in [2.05, 4.69) is 77.9 Å². The van der Waals surface area contributed by atoms with Crippen molar-refractivity contribution in [2.24, 2.45) is 11.8 Å². The van der Waals surface area contributed by atoms with Crippen LogP contribution in [0.15, 0.2) is 64.9 Å². The zero-order valence-electron chi connectivity index (χ0n) is 29.7. The number of fused-ring (bicyclic) bond motifs is 4. The van der Waals surface area contributed by atoms with Crippen molar-refractivity contribution in [2.45, 2.75) is 106 Å². The first kappa shape index (κ1) is 36.6. The van der Waals surface area contributed by atoms with Gasteiger partial charge in [0.15, 0.2) is 5.78 Å². The van der Waals surface area contributed by atoms with Gasteiger partial charge in [0.2, 0.25) is 0 Å². The molecular formula is C42H50IrNO3-. The van der Waals surface area contributed by atoms with E-state index in [4.69, 9.17) is 9.40 Å². The zero-order valence-corrected chi connectivity index (χ0v) is 32.1. The molecule has 0 amide bonds. The van der Waals surface area contributed by atoms with Crippen LogP contribution in [0.1, 0.15) is 110 Å². The van der Waals surface area contributed by atoms with E-state index >= 15 is 0 Å². The fraction of sp³-hybridized carbons (Fsp3) is 0.429. The van der Waals surface area contributed by atoms with Crippen LogP contribution < -0.4 is 0 Å². The van der Waals surface area contributed by atoms with Crippen LogP contribution in [-0.2, 0) is 35.7 Å². The number of benzene rings is 3. The van der Waals surface area contributed by atoms with Gasteiger partial charge in [-0.05, 0) is 76.6 Å². The molecule has 0 bridgehead atoms. The number of nitrogens with zero attached hydrogens (tertiary/aromatic N) is 1. The van der Waals surface area contributed by atoms with Crippen molar-refractivity contribution in [1.82, 2.24) is 4.98 Å². The molecule has 4 nitrogen and oxygen atoms in total. The van der Waals surface area contributed by atoms with Gasteiger partial charge < -0.3 is 14.5 Å². The van der Waals surface area contributed by atoms with E-state index in [1.807, 2.05) is 46.0 Å². The molecule has 0 atom stereocenters. The van der Waals surface area contributed by atoms with Crippen molar-refractivity contribution in [2.75, 3.05) is 0 Å². The first-order valence-corrected chi connectivity index (χ1v) is 17.0. The molecule has 0 spiro atoms. The van der Waals surface area contributed by atoms with E-state index in [1.165, 1.54) is 44.5 Å². The van der Waals surface area contributed by atoms with Crippen LogP contribution in [0.3, 0.4) is 0 Å². The topological polar surface area (TPSA) is 63.3 Å². The first-order valence-electron chi connectivity index (χ1n) is 17.0. The second-order valence-electron chi connectivity index (χ2n) is 14.5. The Morgan fingerprint density at radius 1 is 0.979 bits per heavy atom. The summed E-state index contributed by atoms with van der Waals surface area (Å²) in [5.74, 6) is 0.547. The van der Waals surface area contributed by atoms with Crippen LogP contribution in [0.5, 0.6) is 0 Å². The first-order chi connectivity index (χ1) is 21.8. The quantitative estimate of drug-likeness (QED) is 0.101. The Hall–Kier alpha value is -3.27. The standard InChI is InChI=1S/C29H26NO.C13H24O2.Ir/c1-16-10-11-17-15-30-26-18-8-7-9-22-23(18)24-20(29(5,6)25(26)19(17)14-16)12-13-21(27(24)31-22)28(2,3)4;1-5-10(6-2)12(14)9-13(15)11(7-3)8-4;/h7,9-15H,1-6H3;9-11,14H,5-8H2,1-4H3;/q-1;;/b;12-9-;. The number of rotatable bonds is 7. The average Bonchev–Trinajstić information content (AvgIpc) is 3.36. The molecule has 2 aromatic heterocycles. The van der Waals surface area contributed by atoms with Crippen molar-refractivity contribution >= 4 is 38.5 Å². The second-order valence-corrected chi connectivity index (χ2v) is 14.5. The summed E-state index contributed by atoms with van der Waals surface area (Å²) < 4.78 is 6.53. The normalized spacial score (nSPS) is 13.9. The molecule has 0 saturated heterocycles. The fourth-order valence-electron chi connectivity index (χ4n) is 7.22. The number of hydrogen-bond donors (Lipinski definition) is 1. The molecule has 0 aliphatic heterocycles. The van der Waals surface area contributed by atoms with Gasteiger partial charge in [0.25, 0.3) is 0 Å². The molecule has 0 unspecified atom stereocenters. The van der Waals surface area contributed by atoms with E-state index in [9.17, 15) is 9.90 Å². The van der Waals surface area contributed by atoms with Crippen LogP contribution in [-0.4, -0.2) is 15.9 Å². The third kappa shape index (κ3) is 6.59. The summed E-state index contributed by atoms with van der Waals surface area (Å²) in [7, 11) is 0. The van der Waals surface area contributed by atoms with Gasteiger partial charge in [-0.3, -0.25) is 4.79 Å². The van der Waals surface area contributed by atoms with Gasteiger partial charge in [0.1, 0.15) is 5.58 Å². The van der Waals surface area contributed by atoms with E-state index in [1.54, 1.807) is 0 Å². The van der Waals surface area contributed by atoms with Gasteiger partial charge in [-0.2, -0.15) is 0 Å². The minimum atomic E-state index is -0.242. The maximum absolute atomic E-state index is 11.7. The summed E-state index contributed by atoms with van der Waals surface area (Å²) in [6.07, 6.45) is 6.91. The number of furan rings is 1. The number of carbonyl (C=O) groups is 1. The van der Waals surface area contributed by atoms with Gasteiger partial charge in [0.05, 0.1) is 11.3 Å². The summed E-state index contributed by atoms with van der Waals surface area (Å²) in [6, 6.07) is 18.8. The zero-order chi connectivity index (χ0) is 33.6. The summed E-state index contributed by atoms with van der Waals surface area (Å²) >= 11 is 0. The van der Waals surface area contributed by atoms with Crippen LogP contribution in [0.4, 0.5) is 0 Å². The Balaban J connectivity index is 0.000000269. The molecule has 0 fully saturated rings. The average molecular weight is 809 g/mol. The second kappa shape index (κ2) is 14.1. The molecule has 1 N–H and O–H groups in total. The Labute approximate surface area is 294 Å². The van der Waals surface area contributed by atoms with E-state index in [-0.39, 0.29) is 54.3 Å². The number of allylic oxidation sites excluding steroid dienone is 2. The van der Waals surface area contributed by atoms with E-state index in [0.717, 1.165) is 53.5 Å². The third-order valence-corrected chi connectivity index (χ3v) is 10.1. The molecule has 1 aliphatic rings. The molecule has 1 radical (unpaired) electrons. The molecule has 3 aromatic carbocycles. The number of aromatic nitrogens is 1. The predicted molar refractivity (Wildman–Crippen MR) is 193 cm³/mol. The fourth-order valence-corrected chi connectivity index (χ4v) is 7.22. The Morgan fingerprint density at radius 3 is 2.26 bits per heavy atom. The van der Waals surface area contributed by atoms with Crippen LogP contribution in [0.25, 0.3) is 44.0 Å². The molecule has 1 aliphatic carbocycles. The van der Waals surface area contributed by atoms with Crippen LogP contribution in [0, 0.1) is 24.8 Å². The summed E-state index contributed by atoms with van der Waals surface area (Å²) in [5.41, 5.74) is 8.80. The Morgan fingerprint density at radius 2 is 1.64 bits per heavy atom. The molecular weight excluding hydrogens is 759 g/mol. The summed E-state index contributed by atoms with van der Waals surface area (Å²) in [5, 5.41) is 14.6. The summed E-state index contributed by atoms with van der Waals surface area (Å²) in [4.78, 5) is 16.7. The molecule has 6 rings (SSSR count). The largest absolute Gasteiger partial charge is 0.512 e. The van der Waals surface area contributed by atoms with Gasteiger partial charge in [-0.15, -0.1) is 17.7 Å². The van der Waals surface area contributed by atoms with Gasteiger partial charge >= 0.3 is 0 Å². The van der Waals surface area contributed by atoms with E-state index in [0.29, 0.717) is 0 Å². The van der Waals surface area contributed by atoms with Gasteiger partial charge in [-0.25, -0.2) is 0 Å². The van der Waals surface area contributed by atoms with E-state index < -0.39 is 0 Å². The van der Waals surface area contributed by atoms with Crippen molar-refractivity contribution in [3.63, 3.8) is 0 Å². The number of pyridine rings is 1. The molecule has 0 saturated carbocycles. The van der Waals surface area contributed by atoms with Crippen molar-refractivity contribution in [1.29, 1.82) is 0 Å².